The molecule has 12 heteroatoms. The molecule has 1 aliphatic heterocycles. The van der Waals surface area contributed by atoms with Crippen molar-refractivity contribution in [2.75, 3.05) is 38.8 Å². The van der Waals surface area contributed by atoms with Gasteiger partial charge in [-0.2, -0.15) is 12.7 Å². The van der Waals surface area contributed by atoms with Gasteiger partial charge >= 0.3 is 10.2 Å². The Bertz CT molecular complexity index is 1310. The second-order valence-corrected chi connectivity index (χ2v) is 9.72. The highest BCUT2D eigenvalue weighted by Crippen LogP contribution is 2.40. The third-order valence-corrected chi connectivity index (χ3v) is 7.34. The minimum atomic E-state index is -4.21. The number of imidazole rings is 1. The van der Waals surface area contributed by atoms with Gasteiger partial charge in [0, 0.05) is 31.9 Å². The highest BCUT2D eigenvalue weighted by atomic mass is 32.2. The van der Waals surface area contributed by atoms with Crippen molar-refractivity contribution in [3.8, 4) is 5.75 Å². The summed E-state index contributed by atoms with van der Waals surface area (Å²) in [4.78, 5) is 19.0. The molecule has 1 aliphatic rings. The third-order valence-electron chi connectivity index (χ3n) is 5.89. The van der Waals surface area contributed by atoms with Gasteiger partial charge < -0.3 is 9.64 Å². The maximum Gasteiger partial charge on any atom is 0.303 e. The fraction of sp³-hybridized carbons (Fsp3) is 0.364. The van der Waals surface area contributed by atoms with E-state index in [2.05, 4.69) is 9.88 Å². The minimum Gasteiger partial charge on any atom is -0.496 e. The molecular formula is C22H25F2N5O4S. The van der Waals surface area contributed by atoms with Gasteiger partial charge in [-0.25, -0.2) is 18.5 Å². The Labute approximate surface area is 196 Å². The van der Waals surface area contributed by atoms with Crippen LogP contribution in [0.5, 0.6) is 5.75 Å². The summed E-state index contributed by atoms with van der Waals surface area (Å²) in [6.45, 7) is -0.550. The summed E-state index contributed by atoms with van der Waals surface area (Å²) in [5.74, 6) is -0.657. The maximum absolute atomic E-state index is 14.0. The summed E-state index contributed by atoms with van der Waals surface area (Å²) in [6.07, 6.45) is 4.63. The molecule has 1 N–H and O–H groups in total. The molecule has 1 aromatic carbocycles. The number of benzene rings is 1. The number of nitrogens with zero attached hydrogens (tertiary/aromatic N) is 4. The topological polar surface area (TPSA) is 96.2 Å². The van der Waals surface area contributed by atoms with Crippen LogP contribution in [-0.4, -0.2) is 61.9 Å². The lowest BCUT2D eigenvalue weighted by molar-refractivity contribution is 0.0973. The van der Waals surface area contributed by atoms with E-state index < -0.39 is 22.8 Å². The molecule has 1 unspecified atom stereocenters. The first-order valence-electron chi connectivity index (χ1n) is 10.7. The number of carbonyl (C=O) groups is 1. The van der Waals surface area contributed by atoms with Crippen molar-refractivity contribution < 1.29 is 26.7 Å². The van der Waals surface area contributed by atoms with Crippen molar-refractivity contribution in [1.29, 1.82) is 0 Å². The zero-order valence-corrected chi connectivity index (χ0v) is 19.6. The fourth-order valence-corrected chi connectivity index (χ4v) is 4.96. The zero-order chi connectivity index (χ0) is 24.5. The van der Waals surface area contributed by atoms with E-state index in [-0.39, 0.29) is 24.1 Å². The summed E-state index contributed by atoms with van der Waals surface area (Å²) in [7, 11) is -1.49. The first-order chi connectivity index (χ1) is 16.2. The molecule has 4 rings (SSSR count). The number of nitrogens with one attached hydrogen (secondary N) is 1. The average molecular weight is 494 g/mol. The number of methoxy groups -OCH3 is 1. The second-order valence-electron chi connectivity index (χ2n) is 7.94. The summed E-state index contributed by atoms with van der Waals surface area (Å²) in [6, 6.07) is 7.84. The monoisotopic (exact) mass is 493 g/mol. The van der Waals surface area contributed by atoms with Crippen LogP contribution in [0.15, 0.2) is 42.7 Å². The molecule has 0 radical (unpaired) electrons. The number of rotatable bonds is 8. The summed E-state index contributed by atoms with van der Waals surface area (Å²) < 4.78 is 60.7. The first kappa shape index (κ1) is 23.9. The zero-order valence-electron chi connectivity index (χ0n) is 18.7. The molecule has 0 spiro atoms. The van der Waals surface area contributed by atoms with Gasteiger partial charge in [0.15, 0.2) is 0 Å². The number of carbonyl (C=O) groups excluding carboxylic acids is 1. The molecule has 1 fully saturated rings. The van der Waals surface area contributed by atoms with Crippen LogP contribution in [0.4, 0.5) is 14.5 Å². The van der Waals surface area contributed by atoms with Crippen molar-refractivity contribution in [3.63, 3.8) is 0 Å². The Morgan fingerprint density at radius 3 is 2.85 bits per heavy atom. The Balaban J connectivity index is 1.66. The van der Waals surface area contributed by atoms with Gasteiger partial charge in [-0.15, -0.1) is 0 Å². The van der Waals surface area contributed by atoms with E-state index >= 15 is 0 Å². The van der Waals surface area contributed by atoms with Crippen LogP contribution in [-0.2, 0) is 10.2 Å². The lowest BCUT2D eigenvalue weighted by atomic mass is 10.0. The van der Waals surface area contributed by atoms with E-state index in [1.807, 2.05) is 10.8 Å². The number of hydrogen-bond acceptors (Lipinski definition) is 6. The summed E-state index contributed by atoms with van der Waals surface area (Å²) in [5, 5.41) is 0. The first-order valence-corrected chi connectivity index (χ1v) is 12.1. The molecule has 0 aliphatic carbocycles. The van der Waals surface area contributed by atoms with E-state index in [1.54, 1.807) is 18.3 Å². The second kappa shape index (κ2) is 9.55. The summed E-state index contributed by atoms with van der Waals surface area (Å²) >= 11 is 0. The van der Waals surface area contributed by atoms with Gasteiger partial charge in [0.1, 0.15) is 29.6 Å². The van der Waals surface area contributed by atoms with Gasteiger partial charge in [0.2, 0.25) is 0 Å². The van der Waals surface area contributed by atoms with Gasteiger partial charge in [-0.05, 0) is 43.2 Å². The standard InChI is InChI=1S/C22H25F2N5O4S/c1-27(11-9-23)34(31,32)26-22(30)19-13-25-21-8-6-16(14-29(19)21)28-10-3-4-18(28)17-12-15(24)5-7-20(17)33-2/h5-8,12-14,18H,3-4,9-11H2,1-2H3,(H,26,30). The number of aromatic nitrogens is 2. The molecule has 34 heavy (non-hydrogen) atoms. The van der Waals surface area contributed by atoms with Gasteiger partial charge in [-0.1, -0.05) is 0 Å². The van der Waals surface area contributed by atoms with E-state index in [0.717, 1.165) is 28.4 Å². The van der Waals surface area contributed by atoms with E-state index in [1.165, 1.54) is 36.9 Å². The number of anilines is 1. The van der Waals surface area contributed by atoms with Gasteiger partial charge in [0.25, 0.3) is 5.91 Å². The van der Waals surface area contributed by atoms with Crippen molar-refractivity contribution in [2.45, 2.75) is 18.9 Å². The molecule has 0 saturated carbocycles. The molecule has 3 aromatic rings. The molecule has 2 aromatic heterocycles. The fourth-order valence-electron chi connectivity index (χ4n) is 4.16. The lowest BCUT2D eigenvalue weighted by Crippen LogP contribution is -2.42. The van der Waals surface area contributed by atoms with Crippen LogP contribution in [0, 0.1) is 5.82 Å². The smallest absolute Gasteiger partial charge is 0.303 e. The number of hydrogen-bond donors (Lipinski definition) is 1. The van der Waals surface area contributed by atoms with Crippen LogP contribution in [0.1, 0.15) is 34.9 Å². The number of ether oxygens (including phenoxy) is 1. The van der Waals surface area contributed by atoms with Gasteiger partial charge in [-0.3, -0.25) is 9.20 Å². The number of pyridine rings is 1. The number of halogens is 2. The third kappa shape index (κ3) is 4.55. The Kier molecular flexibility index (Phi) is 6.71. The van der Waals surface area contributed by atoms with Crippen molar-refractivity contribution in [1.82, 2.24) is 18.4 Å². The largest absolute Gasteiger partial charge is 0.496 e. The number of amides is 1. The van der Waals surface area contributed by atoms with E-state index in [0.29, 0.717) is 17.9 Å². The minimum absolute atomic E-state index is 0.00755. The number of alkyl halides is 1. The van der Waals surface area contributed by atoms with Crippen LogP contribution in [0.25, 0.3) is 5.65 Å². The quantitative estimate of drug-likeness (QED) is 0.519. The van der Waals surface area contributed by atoms with Crippen LogP contribution >= 0.6 is 0 Å². The Morgan fingerprint density at radius 1 is 1.32 bits per heavy atom. The number of fused-ring (bicyclic) bond motifs is 1. The lowest BCUT2D eigenvalue weighted by Gasteiger charge is -2.28. The van der Waals surface area contributed by atoms with Crippen LogP contribution in [0.3, 0.4) is 0 Å². The maximum atomic E-state index is 14.0. The highest BCUT2D eigenvalue weighted by Gasteiger charge is 2.30. The van der Waals surface area contributed by atoms with Crippen molar-refractivity contribution >= 4 is 27.5 Å². The average Bonchev–Trinajstić information content (AvgIpc) is 3.45. The normalized spacial score (nSPS) is 16.4. The highest BCUT2D eigenvalue weighted by molar-refractivity contribution is 7.87. The molecule has 182 valence electrons. The van der Waals surface area contributed by atoms with Crippen LogP contribution in [0.2, 0.25) is 0 Å². The Morgan fingerprint density at radius 2 is 2.12 bits per heavy atom. The Hall–Kier alpha value is -3.25. The van der Waals surface area contributed by atoms with Crippen molar-refractivity contribution in [3.05, 3.63) is 59.8 Å². The predicted octanol–water partition coefficient (Wildman–Crippen LogP) is 2.70. The van der Waals surface area contributed by atoms with E-state index in [9.17, 15) is 22.0 Å². The van der Waals surface area contributed by atoms with Crippen molar-refractivity contribution in [2.24, 2.45) is 0 Å². The molecule has 3 heterocycles. The summed E-state index contributed by atoms with van der Waals surface area (Å²) in [5.41, 5.74) is 1.94. The molecular weight excluding hydrogens is 468 g/mol. The van der Waals surface area contributed by atoms with E-state index in [4.69, 9.17) is 4.74 Å². The SMILES string of the molecule is COc1ccc(F)cc1C1CCCN1c1ccc2ncc(C(=O)NS(=O)(=O)N(C)CCF)n2c1. The molecule has 1 saturated heterocycles. The van der Waals surface area contributed by atoms with Gasteiger partial charge in [0.05, 0.1) is 25.0 Å². The predicted molar refractivity (Wildman–Crippen MR) is 122 cm³/mol. The molecule has 0 bridgehead atoms. The molecule has 1 amide bonds. The van der Waals surface area contributed by atoms with Crippen LogP contribution < -0.4 is 14.4 Å². The molecule has 1 atom stereocenters. The molecule has 9 nitrogen and oxygen atoms in total.